The van der Waals surface area contributed by atoms with E-state index in [0.717, 1.165) is 6.54 Å². The maximum atomic E-state index is 9.95. The van der Waals surface area contributed by atoms with E-state index in [-0.39, 0.29) is 0 Å². The van der Waals surface area contributed by atoms with E-state index in [1.54, 1.807) is 7.11 Å². The van der Waals surface area contributed by atoms with Gasteiger partial charge in [0.1, 0.15) is 5.60 Å². The molecule has 0 bridgehead atoms. The Bertz CT molecular complexity index is 197. The fourth-order valence-corrected chi connectivity index (χ4v) is 1.67. The molecule has 18 heavy (non-hydrogen) atoms. The molecule has 6 nitrogen and oxygen atoms in total. The number of hydrogen-bond donors (Lipinski definition) is 2. The molecule has 108 valence electrons. The highest BCUT2D eigenvalue weighted by Crippen LogP contribution is 2.16. The third-order valence-electron chi connectivity index (χ3n) is 2.76. The zero-order chi connectivity index (χ0) is 13.1. The molecule has 2 N–H and O–H groups in total. The van der Waals surface area contributed by atoms with Gasteiger partial charge in [-0.25, -0.2) is 0 Å². The molecule has 0 aromatic rings. The normalized spacial score (nSPS) is 23.7. The van der Waals surface area contributed by atoms with Crippen LogP contribution in [0.1, 0.15) is 6.42 Å². The molecule has 0 aliphatic carbocycles. The minimum Gasteiger partial charge on any atom is -0.386 e. The summed E-state index contributed by atoms with van der Waals surface area (Å²) in [5.74, 6) is 0. The summed E-state index contributed by atoms with van der Waals surface area (Å²) in [5.41, 5.74) is -0.691. The second-order valence-corrected chi connectivity index (χ2v) is 4.42. The van der Waals surface area contributed by atoms with Crippen molar-refractivity contribution in [2.45, 2.75) is 12.0 Å². The van der Waals surface area contributed by atoms with Gasteiger partial charge in [-0.1, -0.05) is 0 Å². The highest BCUT2D eigenvalue weighted by molar-refractivity contribution is 4.84. The van der Waals surface area contributed by atoms with Crippen LogP contribution in [0.25, 0.3) is 0 Å². The molecule has 6 heteroatoms. The highest BCUT2D eigenvalue weighted by Gasteiger charge is 2.31. The number of ether oxygens (including phenoxy) is 4. The lowest BCUT2D eigenvalue weighted by molar-refractivity contribution is 0.0169. The predicted molar refractivity (Wildman–Crippen MR) is 66.8 cm³/mol. The lowest BCUT2D eigenvalue weighted by atomic mass is 10.0. The lowest BCUT2D eigenvalue weighted by Gasteiger charge is -2.20. The zero-order valence-electron chi connectivity index (χ0n) is 11.2. The third-order valence-corrected chi connectivity index (χ3v) is 2.76. The third kappa shape index (κ3) is 7.25. The van der Waals surface area contributed by atoms with Gasteiger partial charge in [-0.05, 0) is 0 Å². The Labute approximate surface area is 109 Å². The summed E-state index contributed by atoms with van der Waals surface area (Å²) in [6.45, 7) is 5.35. The molecule has 0 amide bonds. The van der Waals surface area contributed by atoms with E-state index in [0.29, 0.717) is 59.2 Å². The Morgan fingerprint density at radius 1 is 1.17 bits per heavy atom. The SMILES string of the molecule is COCCOCCOCCNCC1(O)CCOC1. The van der Waals surface area contributed by atoms with E-state index in [2.05, 4.69) is 5.32 Å². The maximum absolute atomic E-state index is 9.95. The molecule has 0 spiro atoms. The first kappa shape index (κ1) is 15.8. The fourth-order valence-electron chi connectivity index (χ4n) is 1.67. The van der Waals surface area contributed by atoms with Crippen molar-refractivity contribution in [3.8, 4) is 0 Å². The van der Waals surface area contributed by atoms with Crippen LogP contribution in [0, 0.1) is 0 Å². The van der Waals surface area contributed by atoms with Crippen molar-refractivity contribution in [1.29, 1.82) is 0 Å². The number of methoxy groups -OCH3 is 1. The number of aliphatic hydroxyl groups is 1. The highest BCUT2D eigenvalue weighted by atomic mass is 16.5. The van der Waals surface area contributed by atoms with E-state index in [9.17, 15) is 5.11 Å². The quantitative estimate of drug-likeness (QED) is 0.486. The molecule has 0 radical (unpaired) electrons. The van der Waals surface area contributed by atoms with Crippen molar-refractivity contribution in [1.82, 2.24) is 5.32 Å². The van der Waals surface area contributed by atoms with Crippen LogP contribution in [-0.2, 0) is 18.9 Å². The van der Waals surface area contributed by atoms with E-state index < -0.39 is 5.60 Å². The van der Waals surface area contributed by atoms with Gasteiger partial charge in [0.05, 0.1) is 39.6 Å². The van der Waals surface area contributed by atoms with Crippen molar-refractivity contribution < 1.29 is 24.1 Å². The van der Waals surface area contributed by atoms with E-state index in [1.165, 1.54) is 0 Å². The molecule has 1 heterocycles. The van der Waals surface area contributed by atoms with Crippen molar-refractivity contribution in [2.24, 2.45) is 0 Å². The lowest BCUT2D eigenvalue weighted by Crippen LogP contribution is -2.42. The maximum Gasteiger partial charge on any atom is 0.102 e. The molecule has 0 aromatic heterocycles. The molecule has 1 aliphatic rings. The number of hydrogen-bond acceptors (Lipinski definition) is 6. The Morgan fingerprint density at radius 3 is 2.56 bits per heavy atom. The monoisotopic (exact) mass is 263 g/mol. The first-order chi connectivity index (χ1) is 8.77. The van der Waals surface area contributed by atoms with Crippen LogP contribution in [0.2, 0.25) is 0 Å². The molecule has 1 atom stereocenters. The average Bonchev–Trinajstić information content (AvgIpc) is 2.79. The van der Waals surface area contributed by atoms with Gasteiger partial charge in [-0.3, -0.25) is 0 Å². The van der Waals surface area contributed by atoms with Gasteiger partial charge in [0.15, 0.2) is 0 Å². The molecule has 1 unspecified atom stereocenters. The molecule has 0 saturated carbocycles. The van der Waals surface area contributed by atoms with Crippen molar-refractivity contribution >= 4 is 0 Å². The standard InChI is InChI=1S/C12H25NO5/c1-15-6-7-17-9-8-16-5-3-13-10-12(14)2-4-18-11-12/h13-14H,2-11H2,1H3. The van der Waals surface area contributed by atoms with E-state index >= 15 is 0 Å². The molecular formula is C12H25NO5. The predicted octanol–water partition coefficient (Wildman–Crippen LogP) is -0.593. The summed E-state index contributed by atoms with van der Waals surface area (Å²) < 4.78 is 20.6. The van der Waals surface area contributed by atoms with Crippen molar-refractivity contribution in [2.75, 3.05) is 66.4 Å². The molecule has 1 saturated heterocycles. The smallest absolute Gasteiger partial charge is 0.102 e. The Morgan fingerprint density at radius 2 is 1.89 bits per heavy atom. The first-order valence-corrected chi connectivity index (χ1v) is 6.42. The Balaban J connectivity index is 1.78. The second kappa shape index (κ2) is 9.66. The van der Waals surface area contributed by atoms with Crippen LogP contribution in [0.3, 0.4) is 0 Å². The van der Waals surface area contributed by atoms with Crippen molar-refractivity contribution in [3.05, 3.63) is 0 Å². The van der Waals surface area contributed by atoms with Gasteiger partial charge in [-0.15, -0.1) is 0 Å². The van der Waals surface area contributed by atoms with Crippen LogP contribution in [-0.4, -0.2) is 77.2 Å². The number of nitrogens with one attached hydrogen (secondary N) is 1. The minimum absolute atomic E-state index is 0.425. The number of rotatable bonds is 11. The second-order valence-electron chi connectivity index (χ2n) is 4.42. The Kier molecular flexibility index (Phi) is 8.49. The van der Waals surface area contributed by atoms with Gasteiger partial charge >= 0.3 is 0 Å². The zero-order valence-corrected chi connectivity index (χ0v) is 11.2. The van der Waals surface area contributed by atoms with Gasteiger partial charge in [0.25, 0.3) is 0 Å². The first-order valence-electron chi connectivity index (χ1n) is 6.42. The van der Waals surface area contributed by atoms with E-state index in [1.807, 2.05) is 0 Å². The minimum atomic E-state index is -0.691. The summed E-state index contributed by atoms with van der Waals surface area (Å²) in [6.07, 6.45) is 0.703. The van der Waals surface area contributed by atoms with Crippen LogP contribution >= 0.6 is 0 Å². The van der Waals surface area contributed by atoms with Crippen LogP contribution in [0.15, 0.2) is 0 Å². The molecule has 1 aliphatic heterocycles. The summed E-state index contributed by atoms with van der Waals surface area (Å²) in [5, 5.41) is 13.1. The van der Waals surface area contributed by atoms with Crippen LogP contribution in [0.5, 0.6) is 0 Å². The van der Waals surface area contributed by atoms with Gasteiger partial charge in [-0.2, -0.15) is 0 Å². The van der Waals surface area contributed by atoms with Crippen molar-refractivity contribution in [3.63, 3.8) is 0 Å². The molecular weight excluding hydrogens is 238 g/mol. The summed E-state index contributed by atoms with van der Waals surface area (Å²) in [6, 6.07) is 0. The summed E-state index contributed by atoms with van der Waals surface area (Å²) >= 11 is 0. The largest absolute Gasteiger partial charge is 0.386 e. The molecule has 0 aromatic carbocycles. The fraction of sp³-hybridized carbons (Fsp3) is 1.00. The van der Waals surface area contributed by atoms with Crippen LogP contribution < -0.4 is 5.32 Å². The summed E-state index contributed by atoms with van der Waals surface area (Å²) in [4.78, 5) is 0. The topological polar surface area (TPSA) is 69.2 Å². The van der Waals surface area contributed by atoms with E-state index in [4.69, 9.17) is 18.9 Å². The van der Waals surface area contributed by atoms with Gasteiger partial charge in [0, 0.05) is 33.2 Å². The molecule has 1 rings (SSSR count). The average molecular weight is 263 g/mol. The van der Waals surface area contributed by atoms with Gasteiger partial charge in [0.2, 0.25) is 0 Å². The van der Waals surface area contributed by atoms with Gasteiger partial charge < -0.3 is 29.4 Å². The molecule has 1 fully saturated rings. The van der Waals surface area contributed by atoms with Crippen LogP contribution in [0.4, 0.5) is 0 Å². The summed E-state index contributed by atoms with van der Waals surface area (Å²) in [7, 11) is 1.65. The Hall–Kier alpha value is -0.240.